The lowest BCUT2D eigenvalue weighted by molar-refractivity contribution is -0.835. The van der Waals surface area contributed by atoms with Crippen LogP contribution in [0.1, 0.15) is 97.3 Å². The molecule has 0 aromatic carbocycles. The van der Waals surface area contributed by atoms with Gasteiger partial charge in [0, 0.05) is 6.42 Å². The van der Waals surface area contributed by atoms with Gasteiger partial charge in [-0.05, 0) is 39.0 Å². The Labute approximate surface area is 163 Å². The van der Waals surface area contributed by atoms with Gasteiger partial charge >= 0.3 is 0 Å². The minimum Gasteiger partial charge on any atom is -0.390 e. The maximum Gasteiger partial charge on any atom is 0.198 e. The molecule has 3 nitrogen and oxygen atoms in total. The normalized spacial score (nSPS) is 20.2. The third-order valence-corrected chi connectivity index (χ3v) is 5.92. The van der Waals surface area contributed by atoms with Crippen molar-refractivity contribution in [1.29, 1.82) is 0 Å². The second-order valence-corrected chi connectivity index (χ2v) is 7.91. The minimum atomic E-state index is 0.276. The van der Waals surface area contributed by atoms with Crippen LogP contribution in [-0.4, -0.2) is 48.2 Å². The molecular weight excluding hydrogens is 320 g/mol. The molecule has 0 fully saturated rings. The van der Waals surface area contributed by atoms with Crippen LogP contribution in [0.5, 0.6) is 0 Å². The molecule has 0 bridgehead atoms. The maximum absolute atomic E-state index is 9.36. The molecule has 0 saturated heterocycles. The highest BCUT2D eigenvalue weighted by molar-refractivity contribution is 5.76. The first-order chi connectivity index (χ1) is 12.8. The maximum atomic E-state index is 9.36. The smallest absolute Gasteiger partial charge is 0.198 e. The molecule has 0 aliphatic carbocycles. The monoisotopic (exact) mass is 365 g/mol. The van der Waals surface area contributed by atoms with E-state index in [0.29, 0.717) is 0 Å². The zero-order chi connectivity index (χ0) is 18.9. The zero-order valence-electron chi connectivity index (χ0n) is 17.7. The number of hydrogen-bond acceptors (Lipinski definition) is 2. The molecule has 1 unspecified atom stereocenters. The number of aliphatic hydroxyl groups is 1. The predicted molar refractivity (Wildman–Crippen MR) is 115 cm³/mol. The average molecular weight is 366 g/mol. The Morgan fingerprint density at radius 2 is 1.50 bits per heavy atom. The molecule has 0 amide bonds. The van der Waals surface area contributed by atoms with E-state index in [1.165, 1.54) is 82.9 Å². The van der Waals surface area contributed by atoms with Crippen LogP contribution in [0, 0.1) is 0 Å². The number of rotatable bonds is 17. The van der Waals surface area contributed by atoms with Crippen molar-refractivity contribution in [1.82, 2.24) is 0 Å². The molecule has 0 aromatic rings. The number of nitrogens with zero attached hydrogens (tertiary/aromatic N) is 2. The van der Waals surface area contributed by atoms with Gasteiger partial charge in [-0.3, -0.25) is 4.48 Å². The van der Waals surface area contributed by atoms with Crippen molar-refractivity contribution >= 4 is 5.84 Å². The SMILES string of the molecule is CCCCCCCC/C=C/CCCCCCC1=NCC[N+]1(CC)CCO. The second-order valence-electron chi connectivity index (χ2n) is 7.91. The molecule has 1 aliphatic heterocycles. The summed E-state index contributed by atoms with van der Waals surface area (Å²) in [4.78, 5) is 4.74. The van der Waals surface area contributed by atoms with E-state index in [4.69, 9.17) is 4.99 Å². The Morgan fingerprint density at radius 3 is 2.12 bits per heavy atom. The molecule has 152 valence electrons. The molecular formula is C23H45N2O+. The highest BCUT2D eigenvalue weighted by Gasteiger charge is 2.35. The summed E-state index contributed by atoms with van der Waals surface area (Å²) in [6.07, 6.45) is 22.0. The van der Waals surface area contributed by atoms with Gasteiger partial charge in [0.15, 0.2) is 5.84 Å². The lowest BCUT2D eigenvalue weighted by Crippen LogP contribution is -2.52. The van der Waals surface area contributed by atoms with Crippen LogP contribution in [-0.2, 0) is 0 Å². The van der Waals surface area contributed by atoms with E-state index in [9.17, 15) is 5.11 Å². The molecule has 0 spiro atoms. The molecule has 26 heavy (non-hydrogen) atoms. The molecule has 3 heteroatoms. The summed E-state index contributed by atoms with van der Waals surface area (Å²) in [5.41, 5.74) is 0. The molecule has 0 radical (unpaired) electrons. The van der Waals surface area contributed by atoms with E-state index in [-0.39, 0.29) is 6.61 Å². The van der Waals surface area contributed by atoms with Gasteiger partial charge in [0.05, 0.1) is 19.7 Å². The number of aliphatic imine (C=N–C) groups is 1. The van der Waals surface area contributed by atoms with Crippen LogP contribution in [0.4, 0.5) is 0 Å². The number of unbranched alkanes of at least 4 members (excludes halogenated alkanes) is 10. The number of hydrogen-bond donors (Lipinski definition) is 1. The van der Waals surface area contributed by atoms with E-state index < -0.39 is 0 Å². The van der Waals surface area contributed by atoms with Crippen molar-refractivity contribution in [3.63, 3.8) is 0 Å². The molecule has 1 rings (SSSR count). The lowest BCUT2D eigenvalue weighted by atomic mass is 10.1. The Hall–Kier alpha value is -0.670. The Bertz CT molecular complexity index is 392. The molecule has 1 heterocycles. The minimum absolute atomic E-state index is 0.276. The van der Waals surface area contributed by atoms with Crippen LogP contribution in [0.25, 0.3) is 0 Å². The van der Waals surface area contributed by atoms with Gasteiger partial charge in [0.25, 0.3) is 0 Å². The quantitative estimate of drug-likeness (QED) is 0.195. The third kappa shape index (κ3) is 9.32. The van der Waals surface area contributed by atoms with Crippen LogP contribution in [0.15, 0.2) is 17.1 Å². The topological polar surface area (TPSA) is 32.6 Å². The van der Waals surface area contributed by atoms with Crippen molar-refractivity contribution < 1.29 is 9.59 Å². The first kappa shape index (κ1) is 23.4. The zero-order valence-corrected chi connectivity index (χ0v) is 17.7. The summed E-state index contributed by atoms with van der Waals surface area (Å²) in [6.45, 7) is 8.75. The second kappa shape index (κ2) is 15.4. The van der Waals surface area contributed by atoms with Crippen LogP contribution < -0.4 is 0 Å². The highest BCUT2D eigenvalue weighted by Crippen LogP contribution is 2.19. The van der Waals surface area contributed by atoms with Gasteiger partial charge in [-0.25, -0.2) is 4.99 Å². The van der Waals surface area contributed by atoms with Crippen LogP contribution in [0.2, 0.25) is 0 Å². The first-order valence-electron chi connectivity index (χ1n) is 11.4. The fourth-order valence-corrected chi connectivity index (χ4v) is 4.07. The van der Waals surface area contributed by atoms with Crippen molar-refractivity contribution in [3.05, 3.63) is 12.2 Å². The fraction of sp³-hybridized carbons (Fsp3) is 0.870. The Morgan fingerprint density at radius 1 is 0.885 bits per heavy atom. The van der Waals surface area contributed by atoms with Gasteiger partial charge in [-0.2, -0.15) is 0 Å². The van der Waals surface area contributed by atoms with E-state index in [1.807, 2.05) is 0 Å². The molecule has 0 saturated carbocycles. The number of allylic oxidation sites excluding steroid dienone is 2. The summed E-state index contributed by atoms with van der Waals surface area (Å²) in [5, 5.41) is 9.36. The van der Waals surface area contributed by atoms with E-state index in [0.717, 1.165) is 37.1 Å². The third-order valence-electron chi connectivity index (χ3n) is 5.92. The van der Waals surface area contributed by atoms with E-state index in [1.54, 1.807) is 0 Å². The molecule has 1 N–H and O–H groups in total. The molecule has 0 aromatic heterocycles. The van der Waals surface area contributed by atoms with Gasteiger partial charge in [-0.15, -0.1) is 0 Å². The average Bonchev–Trinajstić information content (AvgIpc) is 3.05. The molecule has 1 aliphatic rings. The Kier molecular flexibility index (Phi) is 13.8. The van der Waals surface area contributed by atoms with Crippen molar-refractivity contribution in [2.75, 3.05) is 32.8 Å². The van der Waals surface area contributed by atoms with Gasteiger partial charge in [-0.1, -0.05) is 64.0 Å². The molecule has 1 atom stereocenters. The number of amidine groups is 1. The summed E-state index contributed by atoms with van der Waals surface area (Å²) < 4.78 is 0.942. The number of quaternary nitrogens is 1. The van der Waals surface area contributed by atoms with E-state index >= 15 is 0 Å². The standard InChI is InChI=1S/C23H45N2O/c1-3-5-6-7-8-9-10-11-12-13-14-15-16-17-18-23-24-19-20-25(23,4-2)21-22-26/h11-12,26H,3-10,13-22H2,1-2H3/q+1/b12-11+. The summed E-state index contributed by atoms with van der Waals surface area (Å²) >= 11 is 0. The highest BCUT2D eigenvalue weighted by atomic mass is 16.3. The van der Waals surface area contributed by atoms with Crippen molar-refractivity contribution in [3.8, 4) is 0 Å². The van der Waals surface area contributed by atoms with Crippen LogP contribution in [0.3, 0.4) is 0 Å². The summed E-state index contributed by atoms with van der Waals surface area (Å²) in [7, 11) is 0. The van der Waals surface area contributed by atoms with Gasteiger partial charge in [0.2, 0.25) is 0 Å². The van der Waals surface area contributed by atoms with Crippen molar-refractivity contribution in [2.24, 2.45) is 4.99 Å². The van der Waals surface area contributed by atoms with Crippen LogP contribution >= 0.6 is 0 Å². The summed E-state index contributed by atoms with van der Waals surface area (Å²) in [6, 6.07) is 0. The number of aliphatic hydroxyl groups excluding tert-OH is 1. The van der Waals surface area contributed by atoms with E-state index in [2.05, 4.69) is 26.0 Å². The Balaban J connectivity index is 1.97. The van der Waals surface area contributed by atoms with Crippen molar-refractivity contribution in [2.45, 2.75) is 97.3 Å². The lowest BCUT2D eigenvalue weighted by Gasteiger charge is -2.33. The van der Waals surface area contributed by atoms with Gasteiger partial charge in [0.1, 0.15) is 13.1 Å². The largest absolute Gasteiger partial charge is 0.390 e. The number of likely N-dealkylation sites (N-methyl/N-ethyl adjacent to an activating group) is 1. The summed E-state index contributed by atoms with van der Waals surface area (Å²) in [5.74, 6) is 1.35. The fourth-order valence-electron chi connectivity index (χ4n) is 4.07. The van der Waals surface area contributed by atoms with Gasteiger partial charge < -0.3 is 5.11 Å². The first-order valence-corrected chi connectivity index (χ1v) is 11.4. The predicted octanol–water partition coefficient (Wildman–Crippen LogP) is 5.87.